The number of hydrogen-bond donors (Lipinski definition) is 1. The molecule has 0 spiro atoms. The Morgan fingerprint density at radius 3 is 3.13 bits per heavy atom. The number of carbonyl (C=O) groups is 1. The number of benzene rings is 1. The van der Waals surface area contributed by atoms with Gasteiger partial charge in [0, 0.05) is 25.0 Å². The lowest BCUT2D eigenvalue weighted by atomic mass is 10.2. The summed E-state index contributed by atoms with van der Waals surface area (Å²) in [7, 11) is 0. The van der Waals surface area contributed by atoms with Crippen molar-refractivity contribution < 1.29 is 9.53 Å². The van der Waals surface area contributed by atoms with Crippen LogP contribution in [0.25, 0.3) is 10.2 Å². The molecule has 2 atom stereocenters. The highest BCUT2D eigenvalue weighted by atomic mass is 32.1. The number of aromatic nitrogens is 1. The summed E-state index contributed by atoms with van der Waals surface area (Å²) in [5, 5.41) is 4.11. The topological polar surface area (TPSA) is 54.5 Å². The molecule has 1 saturated heterocycles. The summed E-state index contributed by atoms with van der Waals surface area (Å²) < 4.78 is 6.60. The zero-order chi connectivity index (χ0) is 16.2. The minimum atomic E-state index is 0.0757. The average Bonchev–Trinajstić information content (AvgIpc) is 2.99. The Hall–Kier alpha value is -1.50. The smallest absolute Gasteiger partial charge is 0.234 e. The molecule has 0 bridgehead atoms. The molecule has 1 N–H and O–H groups in total. The van der Waals surface area contributed by atoms with E-state index in [-0.39, 0.29) is 11.8 Å². The van der Waals surface area contributed by atoms with Crippen LogP contribution in [0.5, 0.6) is 0 Å². The lowest BCUT2D eigenvalue weighted by Gasteiger charge is -2.32. The van der Waals surface area contributed by atoms with Crippen molar-refractivity contribution in [2.24, 2.45) is 0 Å². The SMILES string of the molecule is C[C@@H]1COCCN1CC(=O)NC[C@H](C)c1nc2ccccc2s1. The zero-order valence-electron chi connectivity index (χ0n) is 13.6. The predicted molar refractivity (Wildman–Crippen MR) is 92.9 cm³/mol. The van der Waals surface area contributed by atoms with Gasteiger partial charge in [-0.2, -0.15) is 0 Å². The molecule has 3 rings (SSSR count). The van der Waals surface area contributed by atoms with Crippen LogP contribution in [-0.4, -0.2) is 54.7 Å². The van der Waals surface area contributed by atoms with Crippen molar-refractivity contribution in [1.29, 1.82) is 0 Å². The number of fused-ring (bicyclic) bond motifs is 1. The first-order valence-electron chi connectivity index (χ1n) is 8.07. The Kier molecular flexibility index (Phi) is 5.25. The molecule has 5 nitrogen and oxygen atoms in total. The van der Waals surface area contributed by atoms with Gasteiger partial charge in [0.15, 0.2) is 0 Å². The zero-order valence-corrected chi connectivity index (χ0v) is 14.4. The van der Waals surface area contributed by atoms with Crippen molar-refractivity contribution in [1.82, 2.24) is 15.2 Å². The molecule has 0 aliphatic carbocycles. The van der Waals surface area contributed by atoms with E-state index in [1.54, 1.807) is 11.3 Å². The normalized spacial score (nSPS) is 20.5. The summed E-state index contributed by atoms with van der Waals surface area (Å²) in [6.07, 6.45) is 0. The number of thiazole rings is 1. The van der Waals surface area contributed by atoms with E-state index in [4.69, 9.17) is 4.74 Å². The molecule has 0 radical (unpaired) electrons. The Balaban J connectivity index is 1.51. The van der Waals surface area contributed by atoms with Gasteiger partial charge in [-0.15, -0.1) is 11.3 Å². The van der Waals surface area contributed by atoms with Gasteiger partial charge in [0.1, 0.15) is 0 Å². The number of morpholine rings is 1. The summed E-state index contributed by atoms with van der Waals surface area (Å²) in [5.41, 5.74) is 1.04. The minimum absolute atomic E-state index is 0.0757. The van der Waals surface area contributed by atoms with Gasteiger partial charge in [0.2, 0.25) is 5.91 Å². The molecule has 2 heterocycles. The lowest BCUT2D eigenvalue weighted by molar-refractivity contribution is -0.124. The molecule has 2 aromatic rings. The highest BCUT2D eigenvalue weighted by Crippen LogP contribution is 2.26. The number of para-hydroxylation sites is 1. The average molecular weight is 333 g/mol. The van der Waals surface area contributed by atoms with E-state index < -0.39 is 0 Å². The molecular weight excluding hydrogens is 310 g/mol. The molecular formula is C17H23N3O2S. The molecule has 0 unspecified atom stereocenters. The third-order valence-electron chi connectivity index (χ3n) is 4.19. The highest BCUT2D eigenvalue weighted by Gasteiger charge is 2.21. The van der Waals surface area contributed by atoms with Crippen LogP contribution >= 0.6 is 11.3 Å². The van der Waals surface area contributed by atoms with Gasteiger partial charge in [0.25, 0.3) is 0 Å². The van der Waals surface area contributed by atoms with E-state index >= 15 is 0 Å². The summed E-state index contributed by atoms with van der Waals surface area (Å²) in [5.74, 6) is 0.296. The van der Waals surface area contributed by atoms with E-state index in [0.717, 1.165) is 17.1 Å². The van der Waals surface area contributed by atoms with Gasteiger partial charge >= 0.3 is 0 Å². The first-order chi connectivity index (χ1) is 11.1. The second kappa shape index (κ2) is 7.38. The maximum absolute atomic E-state index is 12.2. The minimum Gasteiger partial charge on any atom is -0.379 e. The number of rotatable bonds is 5. The largest absolute Gasteiger partial charge is 0.379 e. The van der Waals surface area contributed by atoms with Crippen LogP contribution in [0.3, 0.4) is 0 Å². The molecule has 1 aliphatic heterocycles. The fraction of sp³-hybridized carbons (Fsp3) is 0.529. The van der Waals surface area contributed by atoms with Gasteiger partial charge < -0.3 is 10.1 Å². The monoisotopic (exact) mass is 333 g/mol. The standard InChI is InChI=1S/C17H23N3O2S/c1-12(17-19-14-5-3-4-6-15(14)23-17)9-18-16(21)10-20-7-8-22-11-13(20)2/h3-6,12-13H,7-11H2,1-2H3,(H,18,21)/t12-,13+/m0/s1. The fourth-order valence-corrected chi connectivity index (χ4v) is 3.71. The summed E-state index contributed by atoms with van der Waals surface area (Å²) in [4.78, 5) is 19.0. The number of hydrogen-bond acceptors (Lipinski definition) is 5. The van der Waals surface area contributed by atoms with Crippen molar-refractivity contribution in [3.05, 3.63) is 29.3 Å². The third-order valence-corrected chi connectivity index (χ3v) is 5.46. The highest BCUT2D eigenvalue weighted by molar-refractivity contribution is 7.18. The second-order valence-corrected chi connectivity index (χ2v) is 7.18. The fourth-order valence-electron chi connectivity index (χ4n) is 2.69. The molecule has 1 aliphatic rings. The Labute approximate surface area is 140 Å². The summed E-state index contributed by atoms with van der Waals surface area (Å²) in [6, 6.07) is 8.44. The molecule has 1 amide bonds. The van der Waals surface area contributed by atoms with Crippen molar-refractivity contribution in [2.45, 2.75) is 25.8 Å². The number of nitrogens with zero attached hydrogens (tertiary/aromatic N) is 2. The van der Waals surface area contributed by atoms with Crippen molar-refractivity contribution in [3.8, 4) is 0 Å². The maximum Gasteiger partial charge on any atom is 0.234 e. The van der Waals surface area contributed by atoms with Crippen LogP contribution in [0.15, 0.2) is 24.3 Å². The molecule has 0 saturated carbocycles. The Morgan fingerprint density at radius 2 is 2.35 bits per heavy atom. The molecule has 1 aromatic carbocycles. The Morgan fingerprint density at radius 1 is 1.52 bits per heavy atom. The van der Waals surface area contributed by atoms with E-state index in [1.807, 2.05) is 18.2 Å². The third kappa shape index (κ3) is 4.07. The van der Waals surface area contributed by atoms with E-state index in [0.29, 0.717) is 32.3 Å². The molecule has 124 valence electrons. The van der Waals surface area contributed by atoms with Crippen LogP contribution in [0.2, 0.25) is 0 Å². The lowest BCUT2D eigenvalue weighted by Crippen LogP contribution is -2.48. The van der Waals surface area contributed by atoms with Gasteiger partial charge in [-0.05, 0) is 19.1 Å². The Bertz CT molecular complexity index is 640. The summed E-state index contributed by atoms with van der Waals surface area (Å²) in [6.45, 7) is 7.50. The van der Waals surface area contributed by atoms with Crippen LogP contribution < -0.4 is 5.32 Å². The van der Waals surface area contributed by atoms with Gasteiger partial charge in [0.05, 0.1) is 35.0 Å². The first-order valence-corrected chi connectivity index (χ1v) is 8.89. The van der Waals surface area contributed by atoms with Crippen LogP contribution in [-0.2, 0) is 9.53 Å². The predicted octanol–water partition coefficient (Wildman–Crippen LogP) is 2.24. The second-order valence-electron chi connectivity index (χ2n) is 6.12. The van der Waals surface area contributed by atoms with E-state index in [9.17, 15) is 4.79 Å². The van der Waals surface area contributed by atoms with Crippen molar-refractivity contribution >= 4 is 27.5 Å². The van der Waals surface area contributed by atoms with Gasteiger partial charge in [-0.25, -0.2) is 4.98 Å². The molecule has 1 fully saturated rings. The van der Waals surface area contributed by atoms with Crippen LogP contribution in [0.4, 0.5) is 0 Å². The molecule has 6 heteroatoms. The van der Waals surface area contributed by atoms with E-state index in [2.05, 4.69) is 35.1 Å². The van der Waals surface area contributed by atoms with Crippen LogP contribution in [0, 0.1) is 0 Å². The maximum atomic E-state index is 12.2. The van der Waals surface area contributed by atoms with Crippen molar-refractivity contribution in [2.75, 3.05) is 32.8 Å². The van der Waals surface area contributed by atoms with Gasteiger partial charge in [-0.3, -0.25) is 9.69 Å². The van der Waals surface area contributed by atoms with Crippen molar-refractivity contribution in [3.63, 3.8) is 0 Å². The molecule has 1 aromatic heterocycles. The first kappa shape index (κ1) is 16.4. The van der Waals surface area contributed by atoms with E-state index in [1.165, 1.54) is 4.70 Å². The number of amides is 1. The quantitative estimate of drug-likeness (QED) is 0.912. The summed E-state index contributed by atoms with van der Waals surface area (Å²) >= 11 is 1.70. The van der Waals surface area contributed by atoms with Gasteiger partial charge in [-0.1, -0.05) is 19.1 Å². The number of carbonyl (C=O) groups excluding carboxylic acids is 1. The number of ether oxygens (including phenoxy) is 1. The molecule has 23 heavy (non-hydrogen) atoms. The van der Waals surface area contributed by atoms with Crippen LogP contribution in [0.1, 0.15) is 24.8 Å². The number of nitrogens with one attached hydrogen (secondary N) is 1.